The Hall–Kier alpha value is -2.53. The molecule has 178 valence electrons. The van der Waals surface area contributed by atoms with E-state index in [1.165, 1.54) is 41.5 Å². The number of nitrogens with zero attached hydrogens (tertiary/aromatic N) is 2. The van der Waals surface area contributed by atoms with E-state index in [9.17, 15) is 4.79 Å². The van der Waals surface area contributed by atoms with Gasteiger partial charge in [-0.2, -0.15) is 0 Å². The van der Waals surface area contributed by atoms with Gasteiger partial charge in [-0.1, -0.05) is 18.6 Å². The lowest BCUT2D eigenvalue weighted by atomic mass is 9.93. The normalized spacial score (nSPS) is 19.2. The van der Waals surface area contributed by atoms with E-state index in [0.717, 1.165) is 62.6 Å². The molecule has 2 aliphatic heterocycles. The summed E-state index contributed by atoms with van der Waals surface area (Å²) in [5, 5.41) is 0. The van der Waals surface area contributed by atoms with Crippen molar-refractivity contribution in [1.29, 1.82) is 0 Å². The largest absolute Gasteiger partial charge is 0.493 e. The Morgan fingerprint density at radius 2 is 1.76 bits per heavy atom. The summed E-state index contributed by atoms with van der Waals surface area (Å²) in [6.45, 7) is 9.18. The van der Waals surface area contributed by atoms with E-state index in [-0.39, 0.29) is 5.91 Å². The third-order valence-electron chi connectivity index (χ3n) is 7.38. The molecule has 0 spiro atoms. The molecular formula is C28H38N2O3. The number of benzene rings is 2. The molecule has 2 aromatic carbocycles. The van der Waals surface area contributed by atoms with E-state index in [1.54, 1.807) is 14.2 Å². The Kier molecular flexibility index (Phi) is 7.59. The van der Waals surface area contributed by atoms with Crippen molar-refractivity contribution in [3.63, 3.8) is 0 Å². The minimum absolute atomic E-state index is 0.223. The van der Waals surface area contributed by atoms with Crippen molar-refractivity contribution in [1.82, 2.24) is 9.80 Å². The van der Waals surface area contributed by atoms with Crippen LogP contribution in [0, 0.1) is 19.8 Å². The topological polar surface area (TPSA) is 42.0 Å². The first kappa shape index (κ1) is 23.6. The van der Waals surface area contributed by atoms with Crippen molar-refractivity contribution in [3.05, 3.63) is 58.1 Å². The van der Waals surface area contributed by atoms with Crippen LogP contribution in [-0.4, -0.2) is 62.7 Å². The highest BCUT2D eigenvalue weighted by Gasteiger charge is 2.28. The van der Waals surface area contributed by atoms with Crippen LogP contribution in [0.4, 0.5) is 0 Å². The Morgan fingerprint density at radius 3 is 2.55 bits per heavy atom. The average molecular weight is 451 g/mol. The fourth-order valence-electron chi connectivity index (χ4n) is 5.29. The molecule has 1 amide bonds. The summed E-state index contributed by atoms with van der Waals surface area (Å²) in [5.74, 6) is 2.32. The van der Waals surface area contributed by atoms with Gasteiger partial charge in [0, 0.05) is 31.7 Å². The molecule has 0 aromatic heterocycles. The van der Waals surface area contributed by atoms with Crippen LogP contribution in [0.2, 0.25) is 0 Å². The molecule has 1 unspecified atom stereocenters. The molecule has 5 nitrogen and oxygen atoms in total. The van der Waals surface area contributed by atoms with Crippen LogP contribution in [0.5, 0.6) is 11.5 Å². The van der Waals surface area contributed by atoms with E-state index >= 15 is 0 Å². The van der Waals surface area contributed by atoms with Gasteiger partial charge in [-0.15, -0.1) is 0 Å². The molecular weight excluding hydrogens is 412 g/mol. The monoisotopic (exact) mass is 450 g/mol. The Balaban J connectivity index is 1.36. The summed E-state index contributed by atoms with van der Waals surface area (Å²) in [5.41, 5.74) is 5.89. The van der Waals surface area contributed by atoms with Gasteiger partial charge < -0.3 is 19.3 Å². The van der Waals surface area contributed by atoms with Crippen LogP contribution in [0.1, 0.15) is 51.9 Å². The molecule has 1 fully saturated rings. The van der Waals surface area contributed by atoms with E-state index in [0.29, 0.717) is 5.92 Å². The molecule has 0 N–H and O–H groups in total. The van der Waals surface area contributed by atoms with Crippen molar-refractivity contribution in [2.75, 3.05) is 46.9 Å². The molecule has 1 atom stereocenters. The van der Waals surface area contributed by atoms with Crippen molar-refractivity contribution >= 4 is 5.91 Å². The van der Waals surface area contributed by atoms with Crippen molar-refractivity contribution in [2.24, 2.45) is 5.92 Å². The summed E-state index contributed by atoms with van der Waals surface area (Å²) in [7, 11) is 3.35. The summed E-state index contributed by atoms with van der Waals surface area (Å²) in [4.78, 5) is 17.9. The standard InChI is InChI=1S/C28H38N2O3/c1-20-15-24-11-14-30(28(31)25(24)16-21(20)2)19-23-7-5-6-12-29(18-23)13-10-22-8-9-26(32-3)27(17-22)33-4/h8-9,15-17,23H,5-7,10-14,18-19H2,1-4H3. The van der Waals surface area contributed by atoms with E-state index in [1.807, 2.05) is 6.07 Å². The van der Waals surface area contributed by atoms with Gasteiger partial charge in [0.2, 0.25) is 0 Å². The first-order valence-corrected chi connectivity index (χ1v) is 12.3. The highest BCUT2D eigenvalue weighted by atomic mass is 16.5. The number of carbonyl (C=O) groups excluding carboxylic acids is 1. The predicted molar refractivity (Wildman–Crippen MR) is 133 cm³/mol. The van der Waals surface area contributed by atoms with Crippen LogP contribution in [0.15, 0.2) is 30.3 Å². The maximum Gasteiger partial charge on any atom is 0.254 e. The van der Waals surface area contributed by atoms with Crippen molar-refractivity contribution < 1.29 is 14.3 Å². The zero-order valence-electron chi connectivity index (χ0n) is 20.7. The SMILES string of the molecule is COc1ccc(CCN2CCCCC(CN3CCc4cc(C)c(C)cc4C3=O)C2)cc1OC. The number of amides is 1. The fourth-order valence-corrected chi connectivity index (χ4v) is 5.29. The van der Waals surface area contributed by atoms with Crippen LogP contribution >= 0.6 is 0 Å². The number of hydrogen-bond acceptors (Lipinski definition) is 4. The Labute approximate surface area is 198 Å². The molecule has 5 heteroatoms. The molecule has 0 radical (unpaired) electrons. The zero-order chi connectivity index (χ0) is 23.4. The number of fused-ring (bicyclic) bond motifs is 1. The van der Waals surface area contributed by atoms with Gasteiger partial charge in [-0.3, -0.25) is 4.79 Å². The molecule has 33 heavy (non-hydrogen) atoms. The van der Waals surface area contributed by atoms with Crippen molar-refractivity contribution in [2.45, 2.75) is 46.0 Å². The number of methoxy groups -OCH3 is 2. The third kappa shape index (κ3) is 5.52. The second-order valence-electron chi connectivity index (χ2n) is 9.70. The minimum atomic E-state index is 0.223. The first-order chi connectivity index (χ1) is 16.0. The Bertz CT molecular complexity index is 987. The molecule has 1 saturated heterocycles. The van der Waals surface area contributed by atoms with Gasteiger partial charge in [0.15, 0.2) is 11.5 Å². The number of likely N-dealkylation sites (tertiary alicyclic amines) is 1. The van der Waals surface area contributed by atoms with Gasteiger partial charge in [-0.05, 0) is 92.4 Å². The van der Waals surface area contributed by atoms with Crippen molar-refractivity contribution in [3.8, 4) is 11.5 Å². The number of carbonyl (C=O) groups is 1. The highest BCUT2D eigenvalue weighted by molar-refractivity contribution is 5.97. The highest BCUT2D eigenvalue weighted by Crippen LogP contribution is 2.28. The van der Waals surface area contributed by atoms with Crippen LogP contribution in [0.3, 0.4) is 0 Å². The quantitative estimate of drug-likeness (QED) is 0.615. The molecule has 2 aromatic rings. The second kappa shape index (κ2) is 10.6. The Morgan fingerprint density at radius 1 is 0.970 bits per heavy atom. The number of ether oxygens (including phenoxy) is 2. The van der Waals surface area contributed by atoms with Crippen LogP contribution < -0.4 is 9.47 Å². The maximum absolute atomic E-state index is 13.2. The van der Waals surface area contributed by atoms with E-state index < -0.39 is 0 Å². The van der Waals surface area contributed by atoms with Gasteiger partial charge in [-0.25, -0.2) is 0 Å². The van der Waals surface area contributed by atoms with E-state index in [2.05, 4.69) is 47.9 Å². The lowest BCUT2D eigenvalue weighted by molar-refractivity contribution is 0.0696. The number of rotatable bonds is 7. The second-order valence-corrected chi connectivity index (χ2v) is 9.70. The molecule has 0 bridgehead atoms. The summed E-state index contributed by atoms with van der Waals surface area (Å²) in [6, 6.07) is 10.5. The van der Waals surface area contributed by atoms with Gasteiger partial charge in [0.25, 0.3) is 5.91 Å². The summed E-state index contributed by atoms with van der Waals surface area (Å²) >= 11 is 0. The summed E-state index contributed by atoms with van der Waals surface area (Å²) in [6.07, 6.45) is 5.64. The average Bonchev–Trinajstić information content (AvgIpc) is 3.05. The van der Waals surface area contributed by atoms with E-state index in [4.69, 9.17) is 9.47 Å². The lowest BCUT2D eigenvalue weighted by Gasteiger charge is -2.33. The minimum Gasteiger partial charge on any atom is -0.493 e. The third-order valence-corrected chi connectivity index (χ3v) is 7.38. The molecule has 0 aliphatic carbocycles. The van der Waals surface area contributed by atoms with Gasteiger partial charge in [0.05, 0.1) is 14.2 Å². The smallest absolute Gasteiger partial charge is 0.254 e. The zero-order valence-corrected chi connectivity index (χ0v) is 20.7. The van der Waals surface area contributed by atoms with Gasteiger partial charge in [0.1, 0.15) is 0 Å². The van der Waals surface area contributed by atoms with Gasteiger partial charge >= 0.3 is 0 Å². The fraction of sp³-hybridized carbons (Fsp3) is 0.536. The van der Waals surface area contributed by atoms with Crippen LogP contribution in [0.25, 0.3) is 0 Å². The first-order valence-electron chi connectivity index (χ1n) is 12.3. The molecule has 2 heterocycles. The number of hydrogen-bond donors (Lipinski definition) is 0. The van der Waals surface area contributed by atoms with Crippen LogP contribution in [-0.2, 0) is 12.8 Å². The molecule has 4 rings (SSSR count). The lowest BCUT2D eigenvalue weighted by Crippen LogP contribution is -2.43. The molecule has 2 aliphatic rings. The summed E-state index contributed by atoms with van der Waals surface area (Å²) < 4.78 is 10.8. The maximum atomic E-state index is 13.2. The number of aryl methyl sites for hydroxylation is 2. The predicted octanol–water partition coefficient (Wildman–Crippen LogP) is 4.66. The molecule has 0 saturated carbocycles.